The van der Waals surface area contributed by atoms with Crippen molar-refractivity contribution in [1.29, 1.82) is 0 Å². The molecule has 140 valence electrons. The molecular formula is C24H16N3O2-. The van der Waals surface area contributed by atoms with Gasteiger partial charge in [0.25, 0.3) is 0 Å². The van der Waals surface area contributed by atoms with Gasteiger partial charge in [-0.05, 0) is 39.6 Å². The number of hydrogen-bond acceptors (Lipinski definition) is 4. The minimum atomic E-state index is -1.18. The fourth-order valence-electron chi connectivity index (χ4n) is 3.65. The molecule has 4 aromatic carbocycles. The molecular weight excluding hydrogens is 362 g/mol. The molecule has 0 aliphatic heterocycles. The topological polar surface area (TPSA) is 70.8 Å². The highest BCUT2D eigenvalue weighted by Crippen LogP contribution is 2.25. The van der Waals surface area contributed by atoms with Crippen molar-refractivity contribution < 1.29 is 9.90 Å². The highest BCUT2D eigenvalue weighted by atomic mass is 16.4. The number of hydrogen-bond donors (Lipinski definition) is 0. The van der Waals surface area contributed by atoms with Crippen LogP contribution in [0.1, 0.15) is 15.9 Å². The number of carbonyl (C=O) groups excluding carboxylic acids is 1. The van der Waals surface area contributed by atoms with Crippen molar-refractivity contribution in [1.82, 2.24) is 15.0 Å². The largest absolute Gasteiger partial charge is 0.545 e. The molecule has 0 fully saturated rings. The van der Waals surface area contributed by atoms with Crippen LogP contribution in [0, 0.1) is 0 Å². The maximum atomic E-state index is 11.4. The van der Waals surface area contributed by atoms with Gasteiger partial charge in [-0.25, -0.2) is 4.68 Å². The Labute approximate surface area is 166 Å². The van der Waals surface area contributed by atoms with E-state index in [1.54, 1.807) is 18.2 Å². The van der Waals surface area contributed by atoms with E-state index in [0.29, 0.717) is 12.1 Å². The highest BCUT2D eigenvalue weighted by molar-refractivity contribution is 5.95. The molecule has 0 bridgehead atoms. The second-order valence-corrected chi connectivity index (χ2v) is 6.97. The van der Waals surface area contributed by atoms with Gasteiger partial charge in [0.15, 0.2) is 0 Å². The number of carboxylic acid groups (broad SMARTS) is 1. The molecule has 0 unspecified atom stereocenters. The van der Waals surface area contributed by atoms with Gasteiger partial charge in [-0.3, -0.25) is 0 Å². The summed E-state index contributed by atoms with van der Waals surface area (Å²) >= 11 is 0. The molecule has 5 heteroatoms. The average Bonchev–Trinajstić information content (AvgIpc) is 3.14. The molecule has 1 heterocycles. The molecule has 0 amide bonds. The molecule has 5 aromatic rings. The van der Waals surface area contributed by atoms with E-state index >= 15 is 0 Å². The van der Waals surface area contributed by atoms with Gasteiger partial charge in [0.2, 0.25) is 0 Å². The number of rotatable bonds is 4. The third kappa shape index (κ3) is 3.12. The van der Waals surface area contributed by atoms with Crippen molar-refractivity contribution in [2.24, 2.45) is 0 Å². The van der Waals surface area contributed by atoms with Crippen molar-refractivity contribution in [3.05, 3.63) is 96.1 Å². The van der Waals surface area contributed by atoms with E-state index in [1.807, 2.05) is 53.2 Å². The number of benzene rings is 4. The fraction of sp³-hybridized carbons (Fsp3) is 0.0417. The Bertz CT molecular complexity index is 1350. The SMILES string of the molecule is O=C([O-])c1ccccc1-c1ccc(Cn2nnc3cc4ccccc4cc32)cc1. The predicted octanol–water partition coefficient (Wildman–Crippen LogP) is 3.66. The minimum absolute atomic E-state index is 0.189. The Morgan fingerprint density at radius 2 is 1.55 bits per heavy atom. The van der Waals surface area contributed by atoms with Crippen molar-refractivity contribution in [3.8, 4) is 11.1 Å². The number of aromatic nitrogens is 3. The zero-order valence-corrected chi connectivity index (χ0v) is 15.4. The lowest BCUT2D eigenvalue weighted by Gasteiger charge is -2.11. The summed E-state index contributed by atoms with van der Waals surface area (Å²) in [6.07, 6.45) is 0. The van der Waals surface area contributed by atoms with E-state index in [4.69, 9.17) is 0 Å². The molecule has 0 radical (unpaired) electrons. The molecule has 0 saturated heterocycles. The average molecular weight is 378 g/mol. The molecule has 0 aliphatic carbocycles. The number of aromatic carboxylic acids is 1. The van der Waals surface area contributed by atoms with Gasteiger partial charge >= 0.3 is 0 Å². The second kappa shape index (κ2) is 6.87. The summed E-state index contributed by atoms with van der Waals surface area (Å²) in [5, 5.41) is 22.3. The van der Waals surface area contributed by atoms with E-state index < -0.39 is 5.97 Å². The summed E-state index contributed by atoms with van der Waals surface area (Å²) in [4.78, 5) is 11.4. The van der Waals surface area contributed by atoms with Gasteiger partial charge in [0, 0.05) is 5.56 Å². The standard InChI is InChI=1S/C24H17N3O2/c28-24(29)21-8-4-3-7-20(21)17-11-9-16(10-12-17)15-27-23-14-19-6-2-1-5-18(19)13-22(23)25-26-27/h1-14H,15H2,(H,28,29)/p-1. The maximum Gasteiger partial charge on any atom is 0.113 e. The molecule has 0 atom stereocenters. The first-order valence-corrected chi connectivity index (χ1v) is 9.31. The van der Waals surface area contributed by atoms with Crippen LogP contribution < -0.4 is 5.11 Å². The summed E-state index contributed by atoms with van der Waals surface area (Å²) in [5.74, 6) is -1.18. The van der Waals surface area contributed by atoms with E-state index in [0.717, 1.165) is 32.9 Å². The number of carboxylic acids is 1. The molecule has 0 N–H and O–H groups in total. The smallest absolute Gasteiger partial charge is 0.113 e. The summed E-state index contributed by atoms with van der Waals surface area (Å²) in [5.41, 5.74) is 4.58. The zero-order chi connectivity index (χ0) is 19.8. The summed E-state index contributed by atoms with van der Waals surface area (Å²) in [6.45, 7) is 0.581. The van der Waals surface area contributed by atoms with Crippen LogP contribution in [0.3, 0.4) is 0 Å². The highest BCUT2D eigenvalue weighted by Gasteiger charge is 2.09. The number of nitrogens with zero attached hydrogens (tertiary/aromatic N) is 3. The van der Waals surface area contributed by atoms with Gasteiger partial charge in [-0.2, -0.15) is 0 Å². The molecule has 5 nitrogen and oxygen atoms in total. The molecule has 0 aliphatic rings. The van der Waals surface area contributed by atoms with E-state index in [1.165, 1.54) is 0 Å². The predicted molar refractivity (Wildman–Crippen MR) is 110 cm³/mol. The van der Waals surface area contributed by atoms with Gasteiger partial charge in [0.1, 0.15) is 5.52 Å². The first-order valence-electron chi connectivity index (χ1n) is 9.31. The lowest BCUT2D eigenvalue weighted by molar-refractivity contribution is -0.254. The molecule has 29 heavy (non-hydrogen) atoms. The molecule has 0 spiro atoms. The van der Waals surface area contributed by atoms with E-state index in [2.05, 4.69) is 28.5 Å². The van der Waals surface area contributed by atoms with Gasteiger partial charge in [-0.1, -0.05) is 78.0 Å². The summed E-state index contributed by atoms with van der Waals surface area (Å²) in [7, 11) is 0. The number of carbonyl (C=O) groups is 1. The minimum Gasteiger partial charge on any atom is -0.545 e. The molecule has 5 rings (SSSR count). The monoisotopic (exact) mass is 378 g/mol. The lowest BCUT2D eigenvalue weighted by Crippen LogP contribution is -2.22. The molecule has 1 aromatic heterocycles. The Morgan fingerprint density at radius 1 is 0.862 bits per heavy atom. The fourth-order valence-corrected chi connectivity index (χ4v) is 3.65. The van der Waals surface area contributed by atoms with Crippen LogP contribution in [0.5, 0.6) is 0 Å². The van der Waals surface area contributed by atoms with Crippen LogP contribution in [0.4, 0.5) is 0 Å². The Hall–Kier alpha value is -3.99. The number of fused-ring (bicyclic) bond motifs is 2. The van der Waals surface area contributed by atoms with Crippen molar-refractivity contribution in [3.63, 3.8) is 0 Å². The zero-order valence-electron chi connectivity index (χ0n) is 15.4. The van der Waals surface area contributed by atoms with Gasteiger partial charge < -0.3 is 9.90 Å². The van der Waals surface area contributed by atoms with Crippen LogP contribution in [0.2, 0.25) is 0 Å². The van der Waals surface area contributed by atoms with Gasteiger partial charge in [0.05, 0.1) is 18.0 Å². The molecule has 0 saturated carbocycles. The van der Waals surface area contributed by atoms with Crippen LogP contribution in [0.25, 0.3) is 32.9 Å². The van der Waals surface area contributed by atoms with Crippen LogP contribution >= 0.6 is 0 Å². The maximum absolute atomic E-state index is 11.4. The third-order valence-electron chi connectivity index (χ3n) is 5.13. The third-order valence-corrected chi connectivity index (χ3v) is 5.13. The second-order valence-electron chi connectivity index (χ2n) is 6.97. The van der Waals surface area contributed by atoms with Crippen LogP contribution in [0.15, 0.2) is 84.9 Å². The Kier molecular flexibility index (Phi) is 4.06. The quantitative estimate of drug-likeness (QED) is 0.478. The normalized spacial score (nSPS) is 11.2. The van der Waals surface area contributed by atoms with Gasteiger partial charge in [-0.15, -0.1) is 5.10 Å². The summed E-state index contributed by atoms with van der Waals surface area (Å²) in [6, 6.07) is 27.0. The van der Waals surface area contributed by atoms with E-state index in [9.17, 15) is 9.90 Å². The Balaban J connectivity index is 1.47. The van der Waals surface area contributed by atoms with Crippen molar-refractivity contribution in [2.75, 3.05) is 0 Å². The summed E-state index contributed by atoms with van der Waals surface area (Å²) < 4.78 is 1.88. The first-order chi connectivity index (χ1) is 14.2. The van der Waals surface area contributed by atoms with Crippen molar-refractivity contribution in [2.45, 2.75) is 6.54 Å². The Morgan fingerprint density at radius 3 is 2.31 bits per heavy atom. The van der Waals surface area contributed by atoms with Crippen LogP contribution in [-0.4, -0.2) is 21.0 Å². The first kappa shape index (κ1) is 17.1. The van der Waals surface area contributed by atoms with E-state index in [-0.39, 0.29) is 5.56 Å². The lowest BCUT2D eigenvalue weighted by atomic mass is 9.99. The van der Waals surface area contributed by atoms with Crippen molar-refractivity contribution >= 4 is 27.8 Å². The van der Waals surface area contributed by atoms with Crippen LogP contribution in [-0.2, 0) is 6.54 Å².